The van der Waals surface area contributed by atoms with Gasteiger partial charge in [-0.05, 0) is 42.2 Å². The Kier molecular flexibility index (Phi) is 6.81. The Hall–Kier alpha value is -1.89. The van der Waals surface area contributed by atoms with Gasteiger partial charge >= 0.3 is 0 Å². The van der Waals surface area contributed by atoms with Crippen molar-refractivity contribution in [3.05, 3.63) is 64.2 Å². The van der Waals surface area contributed by atoms with Gasteiger partial charge in [-0.25, -0.2) is 8.42 Å². The predicted octanol–water partition coefficient (Wildman–Crippen LogP) is 3.61. The molecule has 0 aliphatic carbocycles. The number of benzene rings is 2. The van der Waals surface area contributed by atoms with Crippen LogP contribution in [-0.2, 0) is 27.8 Å². The highest BCUT2D eigenvalue weighted by atomic mass is 35.5. The highest BCUT2D eigenvalue weighted by molar-refractivity contribution is 7.88. The van der Waals surface area contributed by atoms with Crippen molar-refractivity contribution in [2.24, 2.45) is 0 Å². The van der Waals surface area contributed by atoms with E-state index in [2.05, 4.69) is 5.32 Å². The summed E-state index contributed by atoms with van der Waals surface area (Å²) in [5.41, 5.74) is 3.47. The molecule has 0 aliphatic rings. The lowest BCUT2D eigenvalue weighted by Gasteiger charge is -2.20. The molecule has 0 spiro atoms. The SMILES string of the molecule is CCc1cccc(C)c1NC(=O)CN(Cc1ccc(Cl)cc1)S(C)(=O)=O. The van der Waals surface area contributed by atoms with Gasteiger partial charge < -0.3 is 5.32 Å². The van der Waals surface area contributed by atoms with Crippen LogP contribution in [0.15, 0.2) is 42.5 Å². The lowest BCUT2D eigenvalue weighted by Crippen LogP contribution is -2.37. The molecule has 0 heterocycles. The Balaban J connectivity index is 2.16. The number of anilines is 1. The molecule has 0 bridgehead atoms. The van der Waals surface area contributed by atoms with Crippen LogP contribution < -0.4 is 5.32 Å². The molecule has 2 rings (SSSR count). The summed E-state index contributed by atoms with van der Waals surface area (Å²) in [7, 11) is -3.55. The van der Waals surface area contributed by atoms with Gasteiger partial charge in [0, 0.05) is 17.3 Å². The molecule has 2 aromatic carbocycles. The number of para-hydroxylation sites is 1. The Morgan fingerprint density at radius 3 is 2.38 bits per heavy atom. The zero-order valence-electron chi connectivity index (χ0n) is 15.1. The minimum absolute atomic E-state index is 0.109. The number of carbonyl (C=O) groups is 1. The molecule has 1 N–H and O–H groups in total. The second-order valence-corrected chi connectivity index (χ2v) is 8.59. The largest absolute Gasteiger partial charge is 0.324 e. The molecule has 0 radical (unpaired) electrons. The highest BCUT2D eigenvalue weighted by Gasteiger charge is 2.21. The van der Waals surface area contributed by atoms with Crippen LogP contribution >= 0.6 is 11.6 Å². The highest BCUT2D eigenvalue weighted by Crippen LogP contribution is 2.21. The molecule has 7 heteroatoms. The van der Waals surface area contributed by atoms with Crippen LogP contribution in [0.2, 0.25) is 5.02 Å². The quantitative estimate of drug-likeness (QED) is 0.780. The van der Waals surface area contributed by atoms with Crippen molar-refractivity contribution in [2.45, 2.75) is 26.8 Å². The second-order valence-electron chi connectivity index (χ2n) is 6.17. The third-order valence-electron chi connectivity index (χ3n) is 4.07. The van der Waals surface area contributed by atoms with Gasteiger partial charge in [-0.15, -0.1) is 0 Å². The molecule has 26 heavy (non-hydrogen) atoms. The summed E-state index contributed by atoms with van der Waals surface area (Å²) in [6, 6.07) is 12.7. The number of aryl methyl sites for hydroxylation is 2. The predicted molar refractivity (Wildman–Crippen MR) is 106 cm³/mol. The Morgan fingerprint density at radius 2 is 1.81 bits per heavy atom. The zero-order chi connectivity index (χ0) is 19.3. The molecule has 0 fully saturated rings. The standard InChI is InChI=1S/C19H23ClN2O3S/c1-4-16-7-5-6-14(2)19(16)21-18(23)13-22(26(3,24)25)12-15-8-10-17(20)11-9-15/h5-11H,4,12-13H2,1-3H3,(H,21,23). The average molecular weight is 395 g/mol. The number of carbonyl (C=O) groups excluding carboxylic acids is 1. The smallest absolute Gasteiger partial charge is 0.239 e. The van der Waals surface area contributed by atoms with Gasteiger partial charge in [-0.2, -0.15) is 4.31 Å². The maximum atomic E-state index is 12.5. The van der Waals surface area contributed by atoms with Crippen molar-refractivity contribution in [3.63, 3.8) is 0 Å². The van der Waals surface area contributed by atoms with Crippen molar-refractivity contribution < 1.29 is 13.2 Å². The van der Waals surface area contributed by atoms with Crippen molar-refractivity contribution >= 4 is 33.2 Å². The molecule has 0 aromatic heterocycles. The van der Waals surface area contributed by atoms with Gasteiger partial charge in [-0.1, -0.05) is 48.9 Å². The normalized spacial score (nSPS) is 11.6. The number of rotatable bonds is 7. The Bertz CT molecular complexity index is 880. The van der Waals surface area contributed by atoms with Crippen LogP contribution in [0.4, 0.5) is 5.69 Å². The first kappa shape index (κ1) is 20.4. The molecule has 0 unspecified atom stereocenters. The molecule has 0 saturated carbocycles. The Labute approximate surface area is 160 Å². The number of hydrogen-bond acceptors (Lipinski definition) is 3. The van der Waals surface area contributed by atoms with Gasteiger partial charge in [0.25, 0.3) is 0 Å². The topological polar surface area (TPSA) is 66.5 Å². The number of hydrogen-bond donors (Lipinski definition) is 1. The Morgan fingerprint density at radius 1 is 1.15 bits per heavy atom. The molecule has 5 nitrogen and oxygen atoms in total. The molecule has 1 amide bonds. The third kappa shape index (κ3) is 5.56. The minimum atomic E-state index is -3.55. The van der Waals surface area contributed by atoms with E-state index in [4.69, 9.17) is 11.6 Å². The van der Waals surface area contributed by atoms with Crippen LogP contribution in [0.1, 0.15) is 23.6 Å². The van der Waals surface area contributed by atoms with E-state index >= 15 is 0 Å². The van der Waals surface area contributed by atoms with Crippen molar-refractivity contribution in [1.82, 2.24) is 4.31 Å². The summed E-state index contributed by atoms with van der Waals surface area (Å²) in [5, 5.41) is 3.43. The molecule has 2 aromatic rings. The molecular weight excluding hydrogens is 372 g/mol. The minimum Gasteiger partial charge on any atom is -0.324 e. The first-order valence-corrected chi connectivity index (χ1v) is 10.5. The van der Waals surface area contributed by atoms with Gasteiger partial charge in [-0.3, -0.25) is 4.79 Å². The van der Waals surface area contributed by atoms with E-state index in [0.717, 1.165) is 39.4 Å². The van der Waals surface area contributed by atoms with E-state index in [1.807, 2.05) is 32.0 Å². The fourth-order valence-electron chi connectivity index (χ4n) is 2.62. The van der Waals surface area contributed by atoms with Gasteiger partial charge in [0.1, 0.15) is 0 Å². The van der Waals surface area contributed by atoms with E-state index in [1.165, 1.54) is 0 Å². The van der Waals surface area contributed by atoms with Crippen LogP contribution in [0.5, 0.6) is 0 Å². The fourth-order valence-corrected chi connectivity index (χ4v) is 3.49. The zero-order valence-corrected chi connectivity index (χ0v) is 16.7. The van der Waals surface area contributed by atoms with E-state index in [0.29, 0.717) is 5.02 Å². The van der Waals surface area contributed by atoms with E-state index < -0.39 is 10.0 Å². The monoisotopic (exact) mass is 394 g/mol. The second kappa shape index (κ2) is 8.66. The lowest BCUT2D eigenvalue weighted by atomic mass is 10.1. The molecular formula is C19H23ClN2O3S. The van der Waals surface area contributed by atoms with Crippen molar-refractivity contribution in [1.29, 1.82) is 0 Å². The fraction of sp³-hybridized carbons (Fsp3) is 0.316. The lowest BCUT2D eigenvalue weighted by molar-refractivity contribution is -0.116. The maximum absolute atomic E-state index is 12.5. The summed E-state index contributed by atoms with van der Waals surface area (Å²) in [4.78, 5) is 12.5. The summed E-state index contributed by atoms with van der Waals surface area (Å²) >= 11 is 5.86. The van der Waals surface area contributed by atoms with E-state index in [1.54, 1.807) is 24.3 Å². The van der Waals surface area contributed by atoms with Crippen molar-refractivity contribution in [3.8, 4) is 0 Å². The molecule has 140 valence electrons. The summed E-state index contributed by atoms with van der Waals surface area (Å²) in [5.74, 6) is -0.367. The molecule has 0 saturated heterocycles. The molecule has 0 atom stereocenters. The molecule has 0 aliphatic heterocycles. The number of nitrogens with one attached hydrogen (secondary N) is 1. The van der Waals surface area contributed by atoms with Crippen LogP contribution in [0.3, 0.4) is 0 Å². The average Bonchev–Trinajstić information content (AvgIpc) is 2.57. The maximum Gasteiger partial charge on any atom is 0.239 e. The summed E-state index contributed by atoms with van der Waals surface area (Å²) < 4.78 is 25.3. The first-order valence-electron chi connectivity index (χ1n) is 8.28. The van der Waals surface area contributed by atoms with Gasteiger partial charge in [0.05, 0.1) is 12.8 Å². The van der Waals surface area contributed by atoms with Crippen LogP contribution in [0.25, 0.3) is 0 Å². The van der Waals surface area contributed by atoms with Crippen LogP contribution in [-0.4, -0.2) is 31.4 Å². The number of halogens is 1. The summed E-state index contributed by atoms with van der Waals surface area (Å²) in [6.45, 7) is 3.78. The third-order valence-corrected chi connectivity index (χ3v) is 5.51. The van der Waals surface area contributed by atoms with E-state index in [-0.39, 0.29) is 19.0 Å². The number of nitrogens with zero attached hydrogens (tertiary/aromatic N) is 1. The van der Waals surface area contributed by atoms with E-state index in [9.17, 15) is 13.2 Å². The first-order chi connectivity index (χ1) is 12.2. The van der Waals surface area contributed by atoms with Crippen LogP contribution in [0, 0.1) is 6.92 Å². The van der Waals surface area contributed by atoms with Gasteiger partial charge in [0.2, 0.25) is 15.9 Å². The van der Waals surface area contributed by atoms with Crippen molar-refractivity contribution in [2.75, 3.05) is 18.1 Å². The number of sulfonamides is 1. The van der Waals surface area contributed by atoms with Gasteiger partial charge in [0.15, 0.2) is 0 Å². The summed E-state index contributed by atoms with van der Waals surface area (Å²) in [6.07, 6.45) is 1.87. The number of amides is 1.